The van der Waals surface area contributed by atoms with Crippen molar-refractivity contribution in [2.45, 2.75) is 18.6 Å². The molecule has 0 aliphatic heterocycles. The monoisotopic (exact) mass is 316 g/mol. The number of aromatic nitrogens is 3. The van der Waals surface area contributed by atoms with Gasteiger partial charge in [0.25, 0.3) is 0 Å². The number of urea groups is 1. The second kappa shape index (κ2) is 9.32. The van der Waals surface area contributed by atoms with Crippen LogP contribution in [-0.4, -0.2) is 59.3 Å². The predicted molar refractivity (Wildman–Crippen MR) is 78.0 cm³/mol. The first-order valence-electron chi connectivity index (χ1n) is 6.37. The Balaban J connectivity index is 2.37. The average Bonchev–Trinajstić information content (AvgIpc) is 2.78. The first kappa shape index (κ1) is 17.4. The minimum absolute atomic E-state index is 0.0698. The summed E-state index contributed by atoms with van der Waals surface area (Å²) in [5.41, 5.74) is 5.51. The number of rotatable bonds is 8. The summed E-state index contributed by atoms with van der Waals surface area (Å²) in [6.45, 7) is 3.58. The molecular formula is C11H20N6O3S. The average molecular weight is 316 g/mol. The first-order valence-corrected chi connectivity index (χ1v) is 7.36. The number of carbonyl (C=O) groups excluding carboxylic acids is 2. The number of hydrogen-bond donors (Lipinski definition) is 3. The van der Waals surface area contributed by atoms with Gasteiger partial charge in [0.1, 0.15) is 5.82 Å². The van der Waals surface area contributed by atoms with Crippen molar-refractivity contribution in [3.63, 3.8) is 0 Å². The van der Waals surface area contributed by atoms with Crippen LogP contribution in [0.4, 0.5) is 4.79 Å². The standard InChI is InChI=1S/C11H20N6O3S/c1-8-15-16-11(17(8)5-3-12)21-7-9(18)14-10(19)13-4-6-20-2/h3-7,12H2,1-2H3,(H2,13,14,18,19). The van der Waals surface area contributed by atoms with Gasteiger partial charge in [0.05, 0.1) is 12.4 Å². The molecule has 0 aliphatic carbocycles. The highest BCUT2D eigenvalue weighted by Crippen LogP contribution is 2.15. The molecule has 118 valence electrons. The number of thioether (sulfide) groups is 1. The van der Waals surface area contributed by atoms with Gasteiger partial charge in [0, 0.05) is 26.7 Å². The number of nitrogens with zero attached hydrogens (tertiary/aromatic N) is 3. The second-order valence-electron chi connectivity index (χ2n) is 4.06. The zero-order chi connectivity index (χ0) is 15.7. The van der Waals surface area contributed by atoms with Crippen molar-refractivity contribution in [2.24, 2.45) is 5.73 Å². The summed E-state index contributed by atoms with van der Waals surface area (Å²) in [6, 6.07) is -0.544. The van der Waals surface area contributed by atoms with E-state index in [1.807, 2.05) is 11.5 Å². The summed E-state index contributed by atoms with van der Waals surface area (Å²) in [5.74, 6) is 0.399. The van der Waals surface area contributed by atoms with Gasteiger partial charge in [-0.1, -0.05) is 11.8 Å². The highest BCUT2D eigenvalue weighted by atomic mass is 32.2. The zero-order valence-corrected chi connectivity index (χ0v) is 12.9. The molecule has 10 heteroatoms. The van der Waals surface area contributed by atoms with Gasteiger partial charge in [-0.05, 0) is 6.92 Å². The van der Waals surface area contributed by atoms with Crippen LogP contribution in [0.2, 0.25) is 0 Å². The zero-order valence-electron chi connectivity index (χ0n) is 12.1. The van der Waals surface area contributed by atoms with Crippen molar-refractivity contribution in [1.82, 2.24) is 25.4 Å². The van der Waals surface area contributed by atoms with Crippen LogP contribution in [0.25, 0.3) is 0 Å². The number of imide groups is 1. The number of carbonyl (C=O) groups is 2. The lowest BCUT2D eigenvalue weighted by molar-refractivity contribution is -0.117. The lowest BCUT2D eigenvalue weighted by Crippen LogP contribution is -2.41. The maximum Gasteiger partial charge on any atom is 0.321 e. The van der Waals surface area contributed by atoms with E-state index < -0.39 is 11.9 Å². The van der Waals surface area contributed by atoms with E-state index in [2.05, 4.69) is 20.8 Å². The lowest BCUT2D eigenvalue weighted by atomic mass is 10.6. The number of methoxy groups -OCH3 is 1. The van der Waals surface area contributed by atoms with Crippen LogP contribution in [0.3, 0.4) is 0 Å². The number of hydrogen-bond acceptors (Lipinski definition) is 7. The van der Waals surface area contributed by atoms with E-state index in [1.54, 1.807) is 0 Å². The van der Waals surface area contributed by atoms with Gasteiger partial charge in [0.15, 0.2) is 5.16 Å². The molecule has 4 N–H and O–H groups in total. The minimum atomic E-state index is -0.544. The summed E-state index contributed by atoms with van der Waals surface area (Å²) in [7, 11) is 1.53. The summed E-state index contributed by atoms with van der Waals surface area (Å²) in [6.07, 6.45) is 0. The molecule has 0 saturated heterocycles. The van der Waals surface area contributed by atoms with E-state index in [4.69, 9.17) is 10.5 Å². The molecule has 0 radical (unpaired) electrons. The minimum Gasteiger partial charge on any atom is -0.383 e. The Morgan fingerprint density at radius 1 is 1.43 bits per heavy atom. The Labute approximate surface area is 127 Å². The van der Waals surface area contributed by atoms with Crippen molar-refractivity contribution in [2.75, 3.05) is 32.6 Å². The van der Waals surface area contributed by atoms with Crippen molar-refractivity contribution >= 4 is 23.7 Å². The van der Waals surface area contributed by atoms with E-state index >= 15 is 0 Å². The van der Waals surface area contributed by atoms with Gasteiger partial charge in [-0.25, -0.2) is 4.79 Å². The maximum atomic E-state index is 11.6. The fraction of sp³-hybridized carbons (Fsp3) is 0.636. The van der Waals surface area contributed by atoms with Crippen LogP contribution in [0.15, 0.2) is 5.16 Å². The van der Waals surface area contributed by atoms with E-state index in [1.165, 1.54) is 18.9 Å². The fourth-order valence-corrected chi connectivity index (χ4v) is 2.27. The van der Waals surface area contributed by atoms with E-state index in [0.717, 1.165) is 5.82 Å². The Kier molecular flexibility index (Phi) is 7.72. The third-order valence-electron chi connectivity index (χ3n) is 2.43. The van der Waals surface area contributed by atoms with Crippen LogP contribution in [-0.2, 0) is 16.1 Å². The number of ether oxygens (including phenoxy) is 1. The molecule has 1 aromatic rings. The molecular weight excluding hydrogens is 296 g/mol. The molecule has 9 nitrogen and oxygen atoms in total. The highest BCUT2D eigenvalue weighted by Gasteiger charge is 2.12. The number of aryl methyl sites for hydroxylation is 1. The molecule has 1 heterocycles. The van der Waals surface area contributed by atoms with E-state index in [-0.39, 0.29) is 5.75 Å². The summed E-state index contributed by atoms with van der Waals surface area (Å²) in [4.78, 5) is 23.0. The lowest BCUT2D eigenvalue weighted by Gasteiger charge is -2.07. The number of nitrogens with one attached hydrogen (secondary N) is 2. The fourth-order valence-electron chi connectivity index (χ4n) is 1.46. The Hall–Kier alpha value is -1.65. The van der Waals surface area contributed by atoms with Crippen LogP contribution >= 0.6 is 11.8 Å². The number of nitrogens with two attached hydrogens (primary N) is 1. The molecule has 3 amide bonds. The van der Waals surface area contributed by atoms with Crippen molar-refractivity contribution < 1.29 is 14.3 Å². The molecule has 0 aromatic carbocycles. The molecule has 0 unspecified atom stereocenters. The molecule has 0 bridgehead atoms. The van der Waals surface area contributed by atoms with Crippen molar-refractivity contribution in [1.29, 1.82) is 0 Å². The Bertz CT molecular complexity index is 479. The third kappa shape index (κ3) is 6.10. The highest BCUT2D eigenvalue weighted by molar-refractivity contribution is 7.99. The van der Waals surface area contributed by atoms with Crippen LogP contribution < -0.4 is 16.4 Å². The van der Waals surface area contributed by atoms with Gasteiger partial charge in [0.2, 0.25) is 5.91 Å². The van der Waals surface area contributed by atoms with E-state index in [0.29, 0.717) is 31.4 Å². The maximum absolute atomic E-state index is 11.6. The first-order chi connectivity index (χ1) is 10.1. The van der Waals surface area contributed by atoms with Gasteiger partial charge in [-0.3, -0.25) is 10.1 Å². The normalized spacial score (nSPS) is 10.4. The second-order valence-corrected chi connectivity index (χ2v) is 5.00. The van der Waals surface area contributed by atoms with Gasteiger partial charge >= 0.3 is 6.03 Å². The molecule has 0 aliphatic rings. The molecule has 0 saturated carbocycles. The van der Waals surface area contributed by atoms with Crippen molar-refractivity contribution in [3.8, 4) is 0 Å². The summed E-state index contributed by atoms with van der Waals surface area (Å²) in [5, 5.41) is 13.2. The SMILES string of the molecule is COCCNC(=O)NC(=O)CSc1nnc(C)n1CCN. The molecule has 0 spiro atoms. The predicted octanol–water partition coefficient (Wildman–Crippen LogP) is -0.890. The molecule has 1 rings (SSSR count). The summed E-state index contributed by atoms with van der Waals surface area (Å²) < 4.78 is 6.61. The van der Waals surface area contributed by atoms with Gasteiger partial charge in [-0.15, -0.1) is 10.2 Å². The summed E-state index contributed by atoms with van der Waals surface area (Å²) >= 11 is 1.20. The molecule has 0 atom stereocenters. The van der Waals surface area contributed by atoms with Crippen LogP contribution in [0.1, 0.15) is 5.82 Å². The molecule has 0 fully saturated rings. The smallest absolute Gasteiger partial charge is 0.321 e. The number of amides is 3. The van der Waals surface area contributed by atoms with Crippen molar-refractivity contribution in [3.05, 3.63) is 5.82 Å². The van der Waals surface area contributed by atoms with Gasteiger partial charge in [-0.2, -0.15) is 0 Å². The Morgan fingerprint density at radius 2 is 2.19 bits per heavy atom. The quantitative estimate of drug-likeness (QED) is 0.420. The molecule has 1 aromatic heterocycles. The van der Waals surface area contributed by atoms with Crippen LogP contribution in [0, 0.1) is 6.92 Å². The van der Waals surface area contributed by atoms with Gasteiger partial charge < -0.3 is 20.4 Å². The third-order valence-corrected chi connectivity index (χ3v) is 3.40. The molecule has 21 heavy (non-hydrogen) atoms. The largest absolute Gasteiger partial charge is 0.383 e. The Morgan fingerprint density at radius 3 is 2.86 bits per heavy atom. The van der Waals surface area contributed by atoms with E-state index in [9.17, 15) is 9.59 Å². The topological polar surface area (TPSA) is 124 Å². The van der Waals surface area contributed by atoms with Crippen LogP contribution in [0.5, 0.6) is 0 Å².